The summed E-state index contributed by atoms with van der Waals surface area (Å²) in [7, 11) is 4.20. The smallest absolute Gasteiger partial charge is 0.306 e. The van der Waals surface area contributed by atoms with E-state index in [1.807, 2.05) is 6.92 Å². The van der Waals surface area contributed by atoms with Crippen molar-refractivity contribution in [2.45, 2.75) is 149 Å². The summed E-state index contributed by atoms with van der Waals surface area (Å²) in [6, 6.07) is 8.98. The number of esters is 1. The topological polar surface area (TPSA) is 74.3 Å². The Morgan fingerprint density at radius 3 is 2.46 bits per heavy atom. The highest BCUT2D eigenvalue weighted by Gasteiger charge is 2.52. The molecule has 1 saturated carbocycles. The standard InChI is InChI=1S/C43H63NO6/c1-9-30-14-12-16-40(50-42-18-17-39(44(7)8)28(6)48-42)27(5)43(46)38-22-36-34(37(38)23-41(45)49-30)19-26(4)33-20-31(21-35(33)36)47-24-29-13-10-11-15-32(29)25(2)3/h10-11,13,15,19,22,25,27-28,30-31,33-37,39-40,42H,9,12,14,16-18,20-21,23-24H2,1-8H3/t27-,28-,30+,31-,33+,34-,35-,36-,37+,39+,40+,42+/m1/s1. The van der Waals surface area contributed by atoms with E-state index in [4.69, 9.17) is 18.9 Å². The van der Waals surface area contributed by atoms with Crippen LogP contribution in [0.5, 0.6) is 0 Å². The summed E-state index contributed by atoms with van der Waals surface area (Å²) in [5, 5.41) is 0. The lowest BCUT2D eigenvalue weighted by atomic mass is 9.67. The van der Waals surface area contributed by atoms with Gasteiger partial charge in [-0.3, -0.25) is 9.59 Å². The molecule has 5 aliphatic rings. The zero-order chi connectivity index (χ0) is 35.7. The molecule has 1 aromatic carbocycles. The number of cyclic esters (lactones) is 1. The van der Waals surface area contributed by atoms with E-state index in [0.717, 1.165) is 56.9 Å². The van der Waals surface area contributed by atoms with Crippen molar-refractivity contribution in [3.05, 3.63) is 58.7 Å². The SMILES string of the molecule is CC[C@H]1CCC[C@H](O[C@H]2CC[C@H](N(C)C)[C@@H](C)O2)[C@@H](C)C(=O)C2=C[C@@H]3[C@@H](C=C(C)[C@@H]4C[C@@H](OCc5ccccc5C(C)C)C[C@@H]34)[C@@H]2CC(=O)O1. The van der Waals surface area contributed by atoms with Gasteiger partial charge in [0.1, 0.15) is 6.10 Å². The summed E-state index contributed by atoms with van der Waals surface area (Å²) in [5.41, 5.74) is 4.82. The maximum Gasteiger partial charge on any atom is 0.306 e. The molecule has 0 aromatic heterocycles. The largest absolute Gasteiger partial charge is 0.462 e. The summed E-state index contributed by atoms with van der Waals surface area (Å²) in [6.45, 7) is 13.6. The third-order valence-corrected chi connectivity index (χ3v) is 12.9. The van der Waals surface area contributed by atoms with Crippen LogP contribution in [0.3, 0.4) is 0 Å². The lowest BCUT2D eigenvalue weighted by Crippen LogP contribution is -2.47. The molecule has 12 atom stereocenters. The number of carbonyl (C=O) groups is 2. The number of allylic oxidation sites excluding steroid dienone is 4. The second kappa shape index (κ2) is 16.1. The van der Waals surface area contributed by atoms with Crippen molar-refractivity contribution in [3.8, 4) is 0 Å². The van der Waals surface area contributed by atoms with Crippen LogP contribution in [0.4, 0.5) is 0 Å². The molecular weight excluding hydrogens is 626 g/mol. The number of ether oxygens (including phenoxy) is 4. The van der Waals surface area contributed by atoms with Gasteiger partial charge < -0.3 is 23.8 Å². The van der Waals surface area contributed by atoms with Crippen molar-refractivity contribution < 1.29 is 28.5 Å². The maximum atomic E-state index is 14.7. The molecule has 3 fully saturated rings. The number of hydrogen-bond acceptors (Lipinski definition) is 7. The average Bonchev–Trinajstić information content (AvgIpc) is 3.67. The number of fused-ring (bicyclic) bond motifs is 5. The van der Waals surface area contributed by atoms with Crippen LogP contribution in [-0.2, 0) is 35.1 Å². The molecule has 1 aromatic rings. The number of Topliss-reactive ketones (excluding diaryl/α,β-unsaturated/α-hetero) is 1. The van der Waals surface area contributed by atoms with E-state index in [2.05, 4.69) is 90.0 Å². The van der Waals surface area contributed by atoms with Crippen LogP contribution in [0.15, 0.2) is 47.6 Å². The summed E-state index contributed by atoms with van der Waals surface area (Å²) in [4.78, 5) is 30.4. The van der Waals surface area contributed by atoms with Crippen LogP contribution in [0, 0.1) is 35.5 Å². The molecule has 7 nitrogen and oxygen atoms in total. The van der Waals surface area contributed by atoms with Crippen LogP contribution in [0.25, 0.3) is 0 Å². The van der Waals surface area contributed by atoms with Crippen LogP contribution >= 0.6 is 0 Å². The Balaban J connectivity index is 1.22. The molecule has 2 heterocycles. The van der Waals surface area contributed by atoms with Gasteiger partial charge in [0.15, 0.2) is 12.1 Å². The lowest BCUT2D eigenvalue weighted by molar-refractivity contribution is -0.231. The molecule has 0 radical (unpaired) electrons. The first kappa shape index (κ1) is 37.4. The summed E-state index contributed by atoms with van der Waals surface area (Å²) < 4.78 is 25.9. The normalized spacial score (nSPS) is 38.0. The summed E-state index contributed by atoms with van der Waals surface area (Å²) >= 11 is 0. The van der Waals surface area contributed by atoms with Crippen molar-refractivity contribution in [3.63, 3.8) is 0 Å². The number of ketones is 1. The van der Waals surface area contributed by atoms with Crippen LogP contribution in [-0.4, -0.2) is 67.5 Å². The predicted molar refractivity (Wildman–Crippen MR) is 196 cm³/mol. The van der Waals surface area contributed by atoms with E-state index in [1.54, 1.807) is 0 Å². The van der Waals surface area contributed by atoms with Gasteiger partial charge in [-0.25, -0.2) is 0 Å². The number of benzene rings is 1. The molecule has 7 heteroatoms. The Kier molecular flexibility index (Phi) is 12.1. The van der Waals surface area contributed by atoms with Gasteiger partial charge in [-0.2, -0.15) is 0 Å². The van der Waals surface area contributed by atoms with Gasteiger partial charge in [-0.1, -0.05) is 69.7 Å². The molecule has 2 aliphatic heterocycles. The fraction of sp³-hybridized carbons (Fsp3) is 0.721. The highest BCUT2D eigenvalue weighted by Crippen LogP contribution is 2.56. The van der Waals surface area contributed by atoms with Crippen molar-refractivity contribution in [1.82, 2.24) is 4.90 Å². The second-order valence-electron chi connectivity index (χ2n) is 16.7. The molecule has 50 heavy (non-hydrogen) atoms. The van der Waals surface area contributed by atoms with Crippen LogP contribution in [0.1, 0.15) is 116 Å². The first-order chi connectivity index (χ1) is 23.9. The molecule has 0 amide bonds. The quantitative estimate of drug-likeness (QED) is 0.201. The van der Waals surface area contributed by atoms with Crippen molar-refractivity contribution >= 4 is 11.8 Å². The first-order valence-corrected chi connectivity index (χ1v) is 19.8. The summed E-state index contributed by atoms with van der Waals surface area (Å²) in [5.74, 6) is 1.04. The minimum Gasteiger partial charge on any atom is -0.462 e. The molecule has 0 unspecified atom stereocenters. The fourth-order valence-electron chi connectivity index (χ4n) is 10.1. The molecule has 0 spiro atoms. The summed E-state index contributed by atoms with van der Waals surface area (Å²) in [6.07, 6.45) is 11.4. The van der Waals surface area contributed by atoms with Crippen molar-refractivity contribution in [2.24, 2.45) is 35.5 Å². The second-order valence-corrected chi connectivity index (χ2v) is 16.7. The van der Waals surface area contributed by atoms with Gasteiger partial charge in [-0.05, 0) is 126 Å². The zero-order valence-electron chi connectivity index (χ0n) is 31.9. The molecule has 276 valence electrons. The Morgan fingerprint density at radius 1 is 0.960 bits per heavy atom. The van der Waals surface area contributed by atoms with Crippen LogP contribution < -0.4 is 0 Å². The van der Waals surface area contributed by atoms with Gasteiger partial charge in [0.2, 0.25) is 0 Å². The maximum absolute atomic E-state index is 14.7. The monoisotopic (exact) mass is 689 g/mol. The Hall–Kier alpha value is -2.32. The number of rotatable bonds is 8. The molecule has 0 N–H and O–H groups in total. The average molecular weight is 690 g/mol. The molecule has 3 aliphatic carbocycles. The zero-order valence-corrected chi connectivity index (χ0v) is 31.9. The highest BCUT2D eigenvalue weighted by molar-refractivity contribution is 5.99. The van der Waals surface area contributed by atoms with E-state index >= 15 is 0 Å². The molecular formula is C43H63NO6. The van der Waals surface area contributed by atoms with Gasteiger partial charge in [0, 0.05) is 17.9 Å². The molecule has 6 rings (SSSR count). The third-order valence-electron chi connectivity index (χ3n) is 12.9. The van der Waals surface area contributed by atoms with E-state index < -0.39 is 0 Å². The van der Waals surface area contributed by atoms with Gasteiger partial charge in [0.05, 0.1) is 31.3 Å². The van der Waals surface area contributed by atoms with Crippen molar-refractivity contribution in [1.29, 1.82) is 0 Å². The Bertz CT molecular complexity index is 1420. The van der Waals surface area contributed by atoms with Crippen molar-refractivity contribution in [2.75, 3.05) is 14.1 Å². The Morgan fingerprint density at radius 2 is 1.74 bits per heavy atom. The predicted octanol–water partition coefficient (Wildman–Crippen LogP) is 8.41. The number of carbonyl (C=O) groups excluding carboxylic acids is 2. The van der Waals surface area contributed by atoms with Gasteiger partial charge in [-0.15, -0.1) is 0 Å². The minimum atomic E-state index is -0.327. The van der Waals surface area contributed by atoms with Crippen LogP contribution in [0.2, 0.25) is 0 Å². The number of hydrogen-bond donors (Lipinski definition) is 0. The minimum absolute atomic E-state index is 0.0575. The van der Waals surface area contributed by atoms with E-state index in [1.165, 1.54) is 16.7 Å². The van der Waals surface area contributed by atoms with Gasteiger partial charge >= 0.3 is 5.97 Å². The third kappa shape index (κ3) is 8.01. The lowest BCUT2D eigenvalue weighted by Gasteiger charge is -2.40. The number of nitrogens with zero attached hydrogens (tertiary/aromatic N) is 1. The highest BCUT2D eigenvalue weighted by atomic mass is 16.7. The van der Waals surface area contributed by atoms with E-state index in [-0.39, 0.29) is 72.6 Å². The fourth-order valence-corrected chi connectivity index (χ4v) is 10.1. The van der Waals surface area contributed by atoms with Gasteiger partial charge in [0.25, 0.3) is 0 Å². The first-order valence-electron chi connectivity index (χ1n) is 19.8. The Labute approximate surface area is 301 Å². The van der Waals surface area contributed by atoms with E-state index in [0.29, 0.717) is 30.4 Å². The van der Waals surface area contributed by atoms with E-state index in [9.17, 15) is 9.59 Å². The molecule has 0 bridgehead atoms. The number of likely N-dealkylation sites (N-methyl/N-ethyl adjacent to an activating group) is 1. The molecule has 2 saturated heterocycles.